The van der Waals surface area contributed by atoms with Gasteiger partial charge in [0.2, 0.25) is 0 Å². The van der Waals surface area contributed by atoms with E-state index < -0.39 is 0 Å². The summed E-state index contributed by atoms with van der Waals surface area (Å²) in [6.07, 6.45) is 1.02. The van der Waals surface area contributed by atoms with Crippen molar-refractivity contribution in [1.29, 1.82) is 0 Å². The lowest BCUT2D eigenvalue weighted by Crippen LogP contribution is -2.37. The standard InChI is InChI=1S/C17H20N4O2S2/c1-10(2)7-9-25-15-12-14(20(3)17(23)21(4)16(12)22)18-13(19-15)11-6-5-8-24-11/h5-6,8,10H,7,9H2,1-4H3. The van der Waals surface area contributed by atoms with Gasteiger partial charge in [-0.2, -0.15) is 0 Å². The fraction of sp³-hybridized carbons (Fsp3) is 0.412. The van der Waals surface area contributed by atoms with Crippen LogP contribution in [0.15, 0.2) is 32.1 Å². The summed E-state index contributed by atoms with van der Waals surface area (Å²) >= 11 is 3.09. The Morgan fingerprint density at radius 2 is 1.96 bits per heavy atom. The van der Waals surface area contributed by atoms with Gasteiger partial charge in [0.15, 0.2) is 11.5 Å². The van der Waals surface area contributed by atoms with Gasteiger partial charge in [-0.15, -0.1) is 23.1 Å². The topological polar surface area (TPSA) is 69.8 Å². The Morgan fingerprint density at radius 3 is 2.60 bits per heavy atom. The molecule has 0 aliphatic rings. The van der Waals surface area contributed by atoms with Gasteiger partial charge in [-0.3, -0.25) is 13.9 Å². The molecule has 0 aliphatic carbocycles. The van der Waals surface area contributed by atoms with E-state index >= 15 is 0 Å². The number of hydrogen-bond acceptors (Lipinski definition) is 6. The number of thioether (sulfide) groups is 1. The van der Waals surface area contributed by atoms with Crippen LogP contribution in [0, 0.1) is 5.92 Å². The van der Waals surface area contributed by atoms with Gasteiger partial charge in [0.1, 0.15) is 10.4 Å². The summed E-state index contributed by atoms with van der Waals surface area (Å²) in [6.45, 7) is 4.33. The van der Waals surface area contributed by atoms with Crippen LogP contribution in [0.2, 0.25) is 0 Å². The van der Waals surface area contributed by atoms with Crippen molar-refractivity contribution < 1.29 is 0 Å². The van der Waals surface area contributed by atoms with Gasteiger partial charge in [0.25, 0.3) is 5.56 Å². The average Bonchev–Trinajstić information content (AvgIpc) is 3.11. The molecule has 0 N–H and O–H groups in total. The second-order valence-corrected chi connectivity index (χ2v) is 8.30. The minimum atomic E-state index is -0.383. The van der Waals surface area contributed by atoms with Crippen molar-refractivity contribution >= 4 is 34.1 Å². The van der Waals surface area contributed by atoms with Crippen molar-refractivity contribution in [2.75, 3.05) is 5.75 Å². The van der Waals surface area contributed by atoms with E-state index in [-0.39, 0.29) is 11.2 Å². The molecule has 0 unspecified atom stereocenters. The van der Waals surface area contributed by atoms with Gasteiger partial charge in [0, 0.05) is 14.1 Å². The largest absolute Gasteiger partial charge is 0.332 e. The van der Waals surface area contributed by atoms with Crippen LogP contribution < -0.4 is 11.2 Å². The second kappa shape index (κ2) is 7.13. The van der Waals surface area contributed by atoms with Gasteiger partial charge in [-0.25, -0.2) is 14.8 Å². The van der Waals surface area contributed by atoms with Gasteiger partial charge in [0.05, 0.1) is 4.88 Å². The van der Waals surface area contributed by atoms with E-state index in [1.807, 2.05) is 17.5 Å². The summed E-state index contributed by atoms with van der Waals surface area (Å²) in [6, 6.07) is 3.87. The molecule has 3 rings (SSSR count). The second-order valence-electron chi connectivity index (χ2n) is 6.27. The molecular weight excluding hydrogens is 356 g/mol. The van der Waals surface area contributed by atoms with E-state index in [0.29, 0.717) is 27.8 Å². The van der Waals surface area contributed by atoms with Crippen LogP contribution in [-0.4, -0.2) is 24.9 Å². The number of fused-ring (bicyclic) bond motifs is 1. The number of aryl methyl sites for hydroxylation is 1. The maximum atomic E-state index is 12.7. The summed E-state index contributed by atoms with van der Waals surface area (Å²) in [4.78, 5) is 35.0. The van der Waals surface area contributed by atoms with Gasteiger partial charge in [-0.05, 0) is 29.5 Å². The lowest BCUT2D eigenvalue weighted by molar-refractivity contribution is 0.632. The molecule has 132 valence electrons. The molecule has 0 amide bonds. The van der Waals surface area contributed by atoms with Gasteiger partial charge < -0.3 is 0 Å². The zero-order chi connectivity index (χ0) is 18.1. The molecule has 0 saturated carbocycles. The molecule has 6 nitrogen and oxygen atoms in total. The lowest BCUT2D eigenvalue weighted by Gasteiger charge is -2.11. The third-order valence-corrected chi connectivity index (χ3v) is 5.82. The fourth-order valence-corrected chi connectivity index (χ4v) is 4.35. The molecule has 3 aromatic rings. The van der Waals surface area contributed by atoms with Crippen molar-refractivity contribution in [2.24, 2.45) is 20.0 Å². The quantitative estimate of drug-likeness (QED) is 0.506. The molecule has 3 heterocycles. The zero-order valence-electron chi connectivity index (χ0n) is 14.6. The molecule has 0 radical (unpaired) electrons. The molecule has 0 saturated heterocycles. The Balaban J connectivity index is 2.26. The van der Waals surface area contributed by atoms with Gasteiger partial charge in [-0.1, -0.05) is 19.9 Å². The normalized spacial score (nSPS) is 11.6. The van der Waals surface area contributed by atoms with Crippen molar-refractivity contribution in [3.8, 4) is 10.7 Å². The predicted molar refractivity (Wildman–Crippen MR) is 104 cm³/mol. The Labute approximate surface area is 153 Å². The van der Waals surface area contributed by atoms with Crippen molar-refractivity contribution in [3.63, 3.8) is 0 Å². The van der Waals surface area contributed by atoms with E-state index in [9.17, 15) is 9.59 Å². The predicted octanol–water partition coefficient (Wildman–Crippen LogP) is 2.89. The van der Waals surface area contributed by atoms with Crippen LogP contribution in [0.1, 0.15) is 20.3 Å². The first kappa shape index (κ1) is 17.9. The maximum absolute atomic E-state index is 12.7. The lowest BCUT2D eigenvalue weighted by atomic mass is 10.2. The first-order valence-corrected chi connectivity index (χ1v) is 9.91. The molecule has 0 atom stereocenters. The molecule has 0 spiro atoms. The molecule has 0 aromatic carbocycles. The highest BCUT2D eigenvalue weighted by Crippen LogP contribution is 2.28. The Morgan fingerprint density at radius 1 is 1.20 bits per heavy atom. The highest BCUT2D eigenvalue weighted by Gasteiger charge is 2.18. The van der Waals surface area contributed by atoms with Gasteiger partial charge >= 0.3 is 5.69 Å². The van der Waals surface area contributed by atoms with Crippen LogP contribution in [0.4, 0.5) is 0 Å². The Kier molecular flexibility index (Phi) is 5.10. The molecule has 8 heteroatoms. The van der Waals surface area contributed by atoms with Crippen LogP contribution in [-0.2, 0) is 14.1 Å². The average molecular weight is 377 g/mol. The van der Waals surface area contributed by atoms with E-state index in [1.165, 1.54) is 23.0 Å². The van der Waals surface area contributed by atoms with E-state index in [0.717, 1.165) is 21.6 Å². The van der Waals surface area contributed by atoms with Crippen LogP contribution >= 0.6 is 23.1 Å². The van der Waals surface area contributed by atoms with Crippen LogP contribution in [0.3, 0.4) is 0 Å². The van der Waals surface area contributed by atoms with Crippen molar-refractivity contribution in [2.45, 2.75) is 25.3 Å². The summed E-state index contributed by atoms with van der Waals surface area (Å²) in [5.74, 6) is 1.99. The zero-order valence-corrected chi connectivity index (χ0v) is 16.3. The molecule has 0 aliphatic heterocycles. The smallest absolute Gasteiger partial charge is 0.280 e. The molecule has 3 aromatic heterocycles. The summed E-state index contributed by atoms with van der Waals surface area (Å²) in [5, 5.41) is 3.02. The summed E-state index contributed by atoms with van der Waals surface area (Å²) in [7, 11) is 3.12. The number of hydrogen-bond donors (Lipinski definition) is 0. The number of aromatic nitrogens is 4. The molecule has 25 heavy (non-hydrogen) atoms. The summed E-state index contributed by atoms with van der Waals surface area (Å²) < 4.78 is 2.53. The van der Waals surface area contributed by atoms with E-state index in [1.54, 1.807) is 18.8 Å². The number of thiophene rings is 1. The number of nitrogens with zero attached hydrogens (tertiary/aromatic N) is 4. The minimum Gasteiger partial charge on any atom is -0.280 e. The van der Waals surface area contributed by atoms with Crippen LogP contribution in [0.25, 0.3) is 21.7 Å². The van der Waals surface area contributed by atoms with Crippen LogP contribution in [0.5, 0.6) is 0 Å². The van der Waals surface area contributed by atoms with E-state index in [4.69, 9.17) is 0 Å². The molecule has 0 bridgehead atoms. The first-order chi connectivity index (χ1) is 11.9. The van der Waals surface area contributed by atoms with E-state index in [2.05, 4.69) is 23.8 Å². The maximum Gasteiger partial charge on any atom is 0.332 e. The highest BCUT2D eigenvalue weighted by atomic mass is 32.2. The molecule has 0 fully saturated rings. The third kappa shape index (κ3) is 3.41. The third-order valence-electron chi connectivity index (χ3n) is 3.94. The Bertz CT molecular complexity index is 1020. The molecular formula is C17H20N4O2S2. The van der Waals surface area contributed by atoms with Crippen molar-refractivity contribution in [3.05, 3.63) is 38.4 Å². The monoisotopic (exact) mass is 376 g/mol. The first-order valence-electron chi connectivity index (χ1n) is 8.04. The Hall–Kier alpha value is -1.93. The minimum absolute atomic E-state index is 0.345. The summed E-state index contributed by atoms with van der Waals surface area (Å²) in [5.41, 5.74) is -0.340. The van der Waals surface area contributed by atoms with Crippen molar-refractivity contribution in [1.82, 2.24) is 19.1 Å². The highest BCUT2D eigenvalue weighted by molar-refractivity contribution is 7.99. The SMILES string of the molecule is CC(C)CCSc1nc(-c2cccs2)nc2c1c(=O)n(C)c(=O)n2C. The number of rotatable bonds is 5. The fourth-order valence-electron chi connectivity index (χ4n) is 2.44.